The van der Waals surface area contributed by atoms with Crippen LogP contribution in [0.2, 0.25) is 0 Å². The molecule has 1 heterocycles. The number of benzene rings is 2. The van der Waals surface area contributed by atoms with Gasteiger partial charge in [0.25, 0.3) is 0 Å². The number of hydrogen-bond acceptors (Lipinski definition) is 8. The van der Waals surface area contributed by atoms with Gasteiger partial charge in [-0.05, 0) is 39.3 Å². The predicted octanol–water partition coefficient (Wildman–Crippen LogP) is 4.83. The molecule has 1 fully saturated rings. The molecule has 39 heavy (non-hydrogen) atoms. The number of methoxy groups -OCH3 is 3. The number of ether oxygens (including phenoxy) is 6. The van der Waals surface area contributed by atoms with Gasteiger partial charge in [-0.1, -0.05) is 36.4 Å². The second-order valence-electron chi connectivity index (χ2n) is 10.4. The van der Waals surface area contributed by atoms with E-state index in [0.717, 1.165) is 11.1 Å². The average molecular weight is 544 g/mol. The molecule has 9 nitrogen and oxygen atoms in total. The van der Waals surface area contributed by atoms with Crippen molar-refractivity contribution in [2.24, 2.45) is 0 Å². The van der Waals surface area contributed by atoms with Crippen molar-refractivity contribution in [1.82, 2.24) is 4.90 Å². The highest BCUT2D eigenvalue weighted by atomic mass is 16.7. The summed E-state index contributed by atoms with van der Waals surface area (Å²) in [4.78, 5) is 15.0. The van der Waals surface area contributed by atoms with E-state index in [1.165, 1.54) is 12.0 Å². The van der Waals surface area contributed by atoms with E-state index >= 15 is 0 Å². The van der Waals surface area contributed by atoms with Crippen molar-refractivity contribution in [2.75, 3.05) is 34.7 Å². The summed E-state index contributed by atoms with van der Waals surface area (Å²) in [5.74, 6) is 0.828. The number of likely N-dealkylation sites (tertiary alicyclic amines) is 1. The zero-order valence-electron chi connectivity index (χ0n) is 23.9. The zero-order valence-corrected chi connectivity index (χ0v) is 23.9. The number of aliphatic hydroxyl groups is 1. The van der Waals surface area contributed by atoms with Gasteiger partial charge in [0.15, 0.2) is 18.3 Å². The number of rotatable bonds is 11. The molecular weight excluding hydrogens is 502 g/mol. The Morgan fingerprint density at radius 3 is 2.41 bits per heavy atom. The summed E-state index contributed by atoms with van der Waals surface area (Å²) in [5.41, 5.74) is 1.57. The lowest BCUT2D eigenvalue weighted by molar-refractivity contribution is -0.0274. The first kappa shape index (κ1) is 30.3. The third kappa shape index (κ3) is 7.03. The molecule has 214 valence electrons. The summed E-state index contributed by atoms with van der Waals surface area (Å²) in [6, 6.07) is 10.7. The first-order valence-corrected chi connectivity index (χ1v) is 12.9. The van der Waals surface area contributed by atoms with Gasteiger partial charge in [0.05, 0.1) is 33.4 Å². The lowest BCUT2D eigenvalue weighted by Crippen LogP contribution is -2.45. The van der Waals surface area contributed by atoms with E-state index in [1.54, 1.807) is 41.1 Å². The quantitative estimate of drug-likeness (QED) is 0.318. The minimum absolute atomic E-state index is 0.0369. The van der Waals surface area contributed by atoms with Crippen LogP contribution in [0.25, 0.3) is 0 Å². The van der Waals surface area contributed by atoms with Gasteiger partial charge in [-0.2, -0.15) is 0 Å². The fourth-order valence-electron chi connectivity index (χ4n) is 4.83. The average Bonchev–Trinajstić information content (AvgIpc) is 3.23. The van der Waals surface area contributed by atoms with Gasteiger partial charge in [0, 0.05) is 24.2 Å². The Balaban J connectivity index is 2.07. The molecule has 4 atom stereocenters. The summed E-state index contributed by atoms with van der Waals surface area (Å²) in [6.45, 7) is 11.7. The Morgan fingerprint density at radius 2 is 1.85 bits per heavy atom. The van der Waals surface area contributed by atoms with E-state index in [0.29, 0.717) is 22.8 Å². The van der Waals surface area contributed by atoms with Gasteiger partial charge >= 0.3 is 6.09 Å². The number of hydrogen-bond donors (Lipinski definition) is 1. The third-order valence-electron chi connectivity index (χ3n) is 6.59. The predicted molar refractivity (Wildman–Crippen MR) is 147 cm³/mol. The molecule has 1 N–H and O–H groups in total. The van der Waals surface area contributed by atoms with Crippen molar-refractivity contribution in [3.63, 3.8) is 0 Å². The van der Waals surface area contributed by atoms with Gasteiger partial charge < -0.3 is 33.5 Å². The molecule has 2 aromatic carbocycles. The standard InChI is InChI=1S/C30H41NO8/c1-9-21(22-15-23(35-7)19(2)27(36-8)28(22)38-18-34-6)25-26(32)24(37-17-20-13-11-10-12-14-20)16-31(25)29(33)39-30(3,4)5/h9-15,21,24-26,32H,1,16-18H2,2-8H3/t21-,24-,25+,26-/m1/s1. The number of amides is 1. The molecule has 0 spiro atoms. The van der Waals surface area contributed by atoms with E-state index in [1.807, 2.05) is 43.3 Å². The second kappa shape index (κ2) is 13.2. The highest BCUT2D eigenvalue weighted by Gasteiger charge is 2.49. The van der Waals surface area contributed by atoms with Crippen LogP contribution in [0.3, 0.4) is 0 Å². The van der Waals surface area contributed by atoms with Crippen LogP contribution >= 0.6 is 0 Å². The summed E-state index contributed by atoms with van der Waals surface area (Å²) in [7, 11) is 4.63. The molecule has 1 aliphatic heterocycles. The molecule has 0 saturated carbocycles. The van der Waals surface area contributed by atoms with Crippen molar-refractivity contribution in [2.45, 2.75) is 64.1 Å². The van der Waals surface area contributed by atoms with Gasteiger partial charge in [-0.25, -0.2) is 4.79 Å². The Hall–Kier alpha value is -3.27. The Kier molecular flexibility index (Phi) is 10.2. The molecule has 9 heteroatoms. The smallest absolute Gasteiger partial charge is 0.410 e. The summed E-state index contributed by atoms with van der Waals surface area (Å²) in [5, 5.41) is 11.6. The van der Waals surface area contributed by atoms with E-state index < -0.39 is 35.9 Å². The van der Waals surface area contributed by atoms with Gasteiger partial charge in [0.1, 0.15) is 23.6 Å². The van der Waals surface area contributed by atoms with Crippen molar-refractivity contribution < 1.29 is 38.3 Å². The molecule has 1 saturated heterocycles. The molecule has 2 aromatic rings. The van der Waals surface area contributed by atoms with Crippen LogP contribution in [0.1, 0.15) is 43.4 Å². The first-order chi connectivity index (χ1) is 18.6. The normalized spacial score (nSPS) is 19.9. The molecule has 0 unspecified atom stereocenters. The SMILES string of the molecule is C=C[C@H](c1cc(OC)c(C)c(OC)c1OCOC)[C@H]1[C@H](O)[C@H](OCc2ccccc2)CN1C(=O)OC(C)(C)C. The van der Waals surface area contributed by atoms with Crippen molar-refractivity contribution >= 4 is 6.09 Å². The second-order valence-corrected chi connectivity index (χ2v) is 10.4. The van der Waals surface area contributed by atoms with Crippen LogP contribution < -0.4 is 14.2 Å². The topological polar surface area (TPSA) is 95.9 Å². The van der Waals surface area contributed by atoms with E-state index in [9.17, 15) is 9.90 Å². The Morgan fingerprint density at radius 1 is 1.15 bits per heavy atom. The van der Waals surface area contributed by atoms with E-state index in [-0.39, 0.29) is 19.9 Å². The van der Waals surface area contributed by atoms with Crippen LogP contribution in [-0.4, -0.2) is 74.6 Å². The lowest BCUT2D eigenvalue weighted by Gasteiger charge is -2.34. The zero-order chi connectivity index (χ0) is 28.7. The van der Waals surface area contributed by atoms with Crippen LogP contribution in [0, 0.1) is 6.92 Å². The Bertz CT molecular complexity index is 1110. The van der Waals surface area contributed by atoms with Crippen LogP contribution in [0.5, 0.6) is 17.2 Å². The van der Waals surface area contributed by atoms with Gasteiger partial charge in [-0.15, -0.1) is 6.58 Å². The number of aliphatic hydroxyl groups excluding tert-OH is 1. The highest BCUT2D eigenvalue weighted by molar-refractivity contribution is 5.70. The molecule has 0 radical (unpaired) electrons. The van der Waals surface area contributed by atoms with Gasteiger partial charge in [-0.3, -0.25) is 4.90 Å². The molecule has 3 rings (SSSR count). The molecule has 0 aromatic heterocycles. The minimum Gasteiger partial charge on any atom is -0.496 e. The molecule has 1 amide bonds. The number of nitrogens with zero attached hydrogens (tertiary/aromatic N) is 1. The molecule has 0 bridgehead atoms. The molecule has 1 aliphatic rings. The van der Waals surface area contributed by atoms with Crippen molar-refractivity contribution in [3.05, 3.63) is 65.7 Å². The fourth-order valence-corrected chi connectivity index (χ4v) is 4.83. The van der Waals surface area contributed by atoms with Crippen LogP contribution in [0.15, 0.2) is 49.1 Å². The monoisotopic (exact) mass is 543 g/mol. The first-order valence-electron chi connectivity index (χ1n) is 12.9. The molecule has 0 aliphatic carbocycles. The summed E-state index contributed by atoms with van der Waals surface area (Å²) in [6.07, 6.45) is -0.608. The summed E-state index contributed by atoms with van der Waals surface area (Å²) < 4.78 is 34.4. The maximum Gasteiger partial charge on any atom is 0.410 e. The van der Waals surface area contributed by atoms with Crippen LogP contribution in [0.4, 0.5) is 4.79 Å². The summed E-state index contributed by atoms with van der Waals surface area (Å²) >= 11 is 0. The number of carbonyl (C=O) groups is 1. The fraction of sp³-hybridized carbons (Fsp3) is 0.500. The lowest BCUT2D eigenvalue weighted by atomic mass is 9.86. The van der Waals surface area contributed by atoms with Crippen molar-refractivity contribution in [3.8, 4) is 17.2 Å². The molecular formula is C30H41NO8. The van der Waals surface area contributed by atoms with E-state index in [2.05, 4.69) is 6.58 Å². The maximum absolute atomic E-state index is 13.4. The Labute approximate surface area is 231 Å². The maximum atomic E-state index is 13.4. The third-order valence-corrected chi connectivity index (χ3v) is 6.59. The van der Waals surface area contributed by atoms with Crippen molar-refractivity contribution in [1.29, 1.82) is 0 Å². The van der Waals surface area contributed by atoms with E-state index in [4.69, 9.17) is 28.4 Å². The highest BCUT2D eigenvalue weighted by Crippen LogP contribution is 2.47. The van der Waals surface area contributed by atoms with Crippen LogP contribution in [-0.2, 0) is 20.8 Å². The number of carbonyl (C=O) groups excluding carboxylic acids is 1. The minimum atomic E-state index is -1.06. The van der Waals surface area contributed by atoms with Gasteiger partial charge in [0.2, 0.25) is 0 Å². The largest absolute Gasteiger partial charge is 0.496 e.